The van der Waals surface area contributed by atoms with Gasteiger partial charge in [-0.05, 0) is 48.1 Å². The van der Waals surface area contributed by atoms with Crippen LogP contribution >= 0.6 is 23.2 Å². The first kappa shape index (κ1) is 29.2. The summed E-state index contributed by atoms with van der Waals surface area (Å²) in [6.07, 6.45) is 5.42. The van der Waals surface area contributed by atoms with Crippen molar-refractivity contribution in [2.45, 2.75) is 57.2 Å². The van der Waals surface area contributed by atoms with Crippen LogP contribution in [-0.2, 0) is 22.6 Å². The highest BCUT2D eigenvalue weighted by molar-refractivity contribution is 6.36. The number of hydrogen-bond donors (Lipinski definition) is 1. The fraction of sp³-hybridized carbons (Fsp3) is 0.286. The molecule has 220 valence electrons. The molecule has 1 aliphatic heterocycles. The van der Waals surface area contributed by atoms with E-state index >= 15 is 0 Å². The molecule has 1 heterocycles. The summed E-state index contributed by atoms with van der Waals surface area (Å²) in [4.78, 5) is 45.2. The molecule has 1 saturated carbocycles. The van der Waals surface area contributed by atoms with Gasteiger partial charge in [0.25, 0.3) is 5.91 Å². The first-order valence-electron chi connectivity index (χ1n) is 14.8. The van der Waals surface area contributed by atoms with Crippen LogP contribution in [0.15, 0.2) is 84.9 Å². The number of halogens is 2. The second-order valence-electron chi connectivity index (χ2n) is 11.3. The Morgan fingerprint density at radius 1 is 0.860 bits per heavy atom. The fourth-order valence-corrected chi connectivity index (χ4v) is 6.83. The molecule has 8 heteroatoms. The molecule has 6 nitrogen and oxygen atoms in total. The van der Waals surface area contributed by atoms with Crippen molar-refractivity contribution in [1.82, 2.24) is 10.2 Å². The van der Waals surface area contributed by atoms with Crippen molar-refractivity contribution in [3.05, 3.63) is 112 Å². The molecule has 1 aliphatic carbocycles. The molecule has 1 atom stereocenters. The van der Waals surface area contributed by atoms with Gasteiger partial charge in [-0.25, -0.2) is 0 Å². The van der Waals surface area contributed by atoms with Gasteiger partial charge in [0.05, 0.1) is 5.69 Å². The minimum Gasteiger partial charge on any atom is -0.352 e. The second kappa shape index (κ2) is 12.8. The number of rotatable bonds is 9. The Morgan fingerprint density at radius 3 is 2.26 bits per heavy atom. The van der Waals surface area contributed by atoms with Gasteiger partial charge >= 0.3 is 0 Å². The molecule has 0 saturated heterocycles. The van der Waals surface area contributed by atoms with Crippen LogP contribution in [0.2, 0.25) is 10.0 Å². The SMILES string of the molecule is O=C(NC1CCCCC1)C(Cc1ccccc1)N(Cc1c(Cl)cccc1Cl)C(=O)CN1C(=O)c2cccc3cccc1c23. The maximum Gasteiger partial charge on any atom is 0.259 e. The van der Waals surface area contributed by atoms with Gasteiger partial charge in [-0.1, -0.05) is 103 Å². The number of hydrogen-bond acceptors (Lipinski definition) is 3. The van der Waals surface area contributed by atoms with Crippen LogP contribution in [0.4, 0.5) is 5.69 Å². The standard InChI is InChI=1S/C35H33Cl2N3O3/c36-28-17-9-18-29(37)27(28)21-39(31(20-23-10-3-1-4-11-23)34(42)38-25-14-5-2-6-15-25)32(41)22-40-30-19-8-13-24-12-7-16-26(33(24)30)35(40)43/h1,3-4,7-13,16-19,25,31H,2,5-6,14-15,20-22H2,(H,38,42). The van der Waals surface area contributed by atoms with Gasteiger partial charge in [0.2, 0.25) is 11.8 Å². The summed E-state index contributed by atoms with van der Waals surface area (Å²) >= 11 is 13.2. The average Bonchev–Trinajstić information content (AvgIpc) is 3.29. The third-order valence-corrected chi connectivity index (χ3v) is 9.26. The molecule has 3 amide bonds. The van der Waals surface area contributed by atoms with Gasteiger partial charge in [-0.15, -0.1) is 0 Å². The maximum absolute atomic E-state index is 14.4. The van der Waals surface area contributed by atoms with E-state index in [-0.39, 0.29) is 36.9 Å². The van der Waals surface area contributed by atoms with Gasteiger partial charge in [0.1, 0.15) is 12.6 Å². The Bertz CT molecular complexity index is 1640. The molecule has 0 spiro atoms. The zero-order chi connectivity index (χ0) is 29.9. The van der Waals surface area contributed by atoms with E-state index in [4.69, 9.17) is 23.2 Å². The van der Waals surface area contributed by atoms with Crippen molar-refractivity contribution in [3.8, 4) is 0 Å². The fourth-order valence-electron chi connectivity index (χ4n) is 6.31. The van der Waals surface area contributed by atoms with E-state index < -0.39 is 6.04 Å². The monoisotopic (exact) mass is 613 g/mol. The Kier molecular flexibility index (Phi) is 8.68. The Morgan fingerprint density at radius 2 is 1.53 bits per heavy atom. The molecule has 0 bridgehead atoms. The summed E-state index contributed by atoms with van der Waals surface area (Å²) in [6, 6.07) is 25.4. The van der Waals surface area contributed by atoms with E-state index in [1.165, 1.54) is 4.90 Å². The Balaban J connectivity index is 1.37. The van der Waals surface area contributed by atoms with Crippen molar-refractivity contribution < 1.29 is 14.4 Å². The van der Waals surface area contributed by atoms with Crippen molar-refractivity contribution in [1.29, 1.82) is 0 Å². The summed E-state index contributed by atoms with van der Waals surface area (Å²) in [5.41, 5.74) is 2.73. The lowest BCUT2D eigenvalue weighted by atomic mass is 9.94. The summed E-state index contributed by atoms with van der Waals surface area (Å²) in [6.45, 7) is -0.206. The summed E-state index contributed by atoms with van der Waals surface area (Å²) in [5.74, 6) is -0.818. The number of anilines is 1. The van der Waals surface area contributed by atoms with Crippen LogP contribution in [0.1, 0.15) is 53.6 Å². The van der Waals surface area contributed by atoms with E-state index in [9.17, 15) is 14.4 Å². The molecule has 6 rings (SSSR count). The highest BCUT2D eigenvalue weighted by atomic mass is 35.5. The zero-order valence-electron chi connectivity index (χ0n) is 23.8. The number of carbonyl (C=O) groups is 3. The van der Waals surface area contributed by atoms with E-state index in [1.807, 2.05) is 60.7 Å². The molecule has 43 heavy (non-hydrogen) atoms. The van der Waals surface area contributed by atoms with E-state index in [0.717, 1.165) is 48.4 Å². The summed E-state index contributed by atoms with van der Waals surface area (Å²) < 4.78 is 0. The zero-order valence-corrected chi connectivity index (χ0v) is 25.3. The van der Waals surface area contributed by atoms with Crippen molar-refractivity contribution in [3.63, 3.8) is 0 Å². The van der Waals surface area contributed by atoms with Crippen molar-refractivity contribution >= 4 is 57.4 Å². The van der Waals surface area contributed by atoms with Crippen LogP contribution in [0.25, 0.3) is 10.8 Å². The second-order valence-corrected chi connectivity index (χ2v) is 12.2. The average molecular weight is 615 g/mol. The predicted molar refractivity (Wildman–Crippen MR) is 172 cm³/mol. The number of amides is 3. The molecule has 1 N–H and O–H groups in total. The summed E-state index contributed by atoms with van der Waals surface area (Å²) in [7, 11) is 0. The Hall–Kier alpha value is -3.87. The minimum atomic E-state index is -0.847. The highest BCUT2D eigenvalue weighted by Crippen LogP contribution is 2.37. The predicted octanol–water partition coefficient (Wildman–Crippen LogP) is 7.20. The van der Waals surface area contributed by atoms with Crippen molar-refractivity contribution in [2.75, 3.05) is 11.4 Å². The molecular formula is C35H33Cl2N3O3. The van der Waals surface area contributed by atoms with E-state index in [2.05, 4.69) is 5.32 Å². The molecule has 0 radical (unpaired) electrons. The molecule has 1 unspecified atom stereocenters. The minimum absolute atomic E-state index is 0.0199. The highest BCUT2D eigenvalue weighted by Gasteiger charge is 2.37. The smallest absolute Gasteiger partial charge is 0.259 e. The van der Waals surface area contributed by atoms with Crippen molar-refractivity contribution in [2.24, 2.45) is 0 Å². The lowest BCUT2D eigenvalue weighted by Crippen LogP contribution is -2.54. The third kappa shape index (κ3) is 6.13. The van der Waals surface area contributed by atoms with Gasteiger partial charge in [0.15, 0.2) is 0 Å². The van der Waals surface area contributed by atoms with Crippen LogP contribution in [0, 0.1) is 0 Å². The van der Waals surface area contributed by atoms with Gasteiger partial charge in [-0.3, -0.25) is 19.3 Å². The van der Waals surface area contributed by atoms with E-state index in [1.54, 1.807) is 29.2 Å². The lowest BCUT2D eigenvalue weighted by molar-refractivity contribution is -0.140. The van der Waals surface area contributed by atoms with Crippen LogP contribution in [0.3, 0.4) is 0 Å². The van der Waals surface area contributed by atoms with E-state index in [0.29, 0.717) is 33.3 Å². The normalized spacial score (nSPS) is 15.5. The van der Waals surface area contributed by atoms with Crippen LogP contribution < -0.4 is 10.2 Å². The summed E-state index contributed by atoms with van der Waals surface area (Å²) in [5, 5.41) is 5.83. The quantitative estimate of drug-likeness (QED) is 0.217. The van der Waals surface area contributed by atoms with Gasteiger partial charge < -0.3 is 10.2 Å². The topological polar surface area (TPSA) is 69.7 Å². The maximum atomic E-state index is 14.4. The molecular weight excluding hydrogens is 581 g/mol. The molecule has 4 aromatic carbocycles. The third-order valence-electron chi connectivity index (χ3n) is 8.56. The molecule has 4 aromatic rings. The molecule has 2 aliphatic rings. The largest absolute Gasteiger partial charge is 0.352 e. The van der Waals surface area contributed by atoms with Crippen LogP contribution in [0.5, 0.6) is 0 Å². The number of benzene rings is 4. The lowest BCUT2D eigenvalue weighted by Gasteiger charge is -2.34. The first-order chi connectivity index (χ1) is 20.9. The van der Waals surface area contributed by atoms with Gasteiger partial charge in [-0.2, -0.15) is 0 Å². The Labute approximate surface area is 261 Å². The van der Waals surface area contributed by atoms with Crippen LogP contribution in [-0.4, -0.2) is 41.2 Å². The number of nitrogens with one attached hydrogen (secondary N) is 1. The number of carbonyl (C=O) groups excluding carboxylic acids is 3. The molecule has 0 aromatic heterocycles. The number of nitrogens with zero attached hydrogens (tertiary/aromatic N) is 2. The first-order valence-corrected chi connectivity index (χ1v) is 15.6. The molecule has 1 fully saturated rings. The van der Waals surface area contributed by atoms with Gasteiger partial charge in [0, 0.05) is 45.6 Å².